The number of alkyl halides is 1. The minimum absolute atomic E-state index is 0.190. The number of nitrogens with zero attached hydrogens (tertiary/aromatic N) is 3. The van der Waals surface area contributed by atoms with Gasteiger partial charge in [-0.1, -0.05) is 25.4 Å². The van der Waals surface area contributed by atoms with Crippen LogP contribution in [0.2, 0.25) is 5.02 Å². The molecule has 20 heavy (non-hydrogen) atoms. The Bertz CT molecular complexity index is 585. The molecule has 0 unspecified atom stereocenters. The van der Waals surface area contributed by atoms with Crippen molar-refractivity contribution in [2.75, 3.05) is 6.26 Å². The number of thioether (sulfide) groups is 1. The van der Waals surface area contributed by atoms with Crippen LogP contribution in [0.15, 0.2) is 12.3 Å². The highest BCUT2D eigenvalue weighted by Crippen LogP contribution is 2.34. The van der Waals surface area contributed by atoms with Gasteiger partial charge in [-0.15, -0.1) is 11.6 Å². The average Bonchev–Trinajstić information content (AvgIpc) is 2.81. The number of pyridine rings is 1. The van der Waals surface area contributed by atoms with Crippen molar-refractivity contribution >= 4 is 46.1 Å². The first-order valence-corrected chi connectivity index (χ1v) is 8.84. The fraction of sp³-hybridized carbons (Fsp3) is 0.571. The summed E-state index contributed by atoms with van der Waals surface area (Å²) in [6, 6.07) is 1.84. The molecule has 0 aromatic carbocycles. The van der Waals surface area contributed by atoms with Crippen molar-refractivity contribution in [1.82, 2.24) is 14.5 Å². The van der Waals surface area contributed by atoms with Gasteiger partial charge in [0.15, 0.2) is 5.65 Å². The Hall–Kier alpha value is -0.450. The molecule has 0 radical (unpaired) electrons. The first kappa shape index (κ1) is 15.9. The molecule has 0 spiro atoms. The molecular weight excluding hydrogens is 313 g/mol. The van der Waals surface area contributed by atoms with E-state index in [1.54, 1.807) is 6.20 Å². The molecule has 3 nitrogen and oxygen atoms in total. The molecule has 110 valence electrons. The highest BCUT2D eigenvalue weighted by molar-refractivity contribution is 8.00. The topological polar surface area (TPSA) is 30.7 Å². The molecular formula is C14H19Cl2N3S. The monoisotopic (exact) mass is 331 g/mol. The maximum Gasteiger partial charge on any atom is 0.160 e. The van der Waals surface area contributed by atoms with Gasteiger partial charge in [0.2, 0.25) is 0 Å². The van der Waals surface area contributed by atoms with Crippen molar-refractivity contribution in [2.24, 2.45) is 0 Å². The van der Waals surface area contributed by atoms with Gasteiger partial charge in [-0.25, -0.2) is 9.97 Å². The Morgan fingerprint density at radius 2 is 2.05 bits per heavy atom. The fourth-order valence-corrected chi connectivity index (χ4v) is 3.61. The smallest absolute Gasteiger partial charge is 0.160 e. The van der Waals surface area contributed by atoms with E-state index in [0.29, 0.717) is 10.9 Å². The van der Waals surface area contributed by atoms with Crippen LogP contribution in [0.3, 0.4) is 0 Å². The Kier molecular flexibility index (Phi) is 5.21. The lowest BCUT2D eigenvalue weighted by atomic mass is 10.0. The lowest BCUT2D eigenvalue weighted by Crippen LogP contribution is -2.29. The predicted octanol–water partition coefficient (Wildman–Crippen LogP) is 4.75. The van der Waals surface area contributed by atoms with Crippen LogP contribution >= 0.6 is 35.0 Å². The van der Waals surface area contributed by atoms with E-state index in [9.17, 15) is 0 Å². The lowest BCUT2D eigenvalue weighted by molar-refractivity contribution is 0.465. The van der Waals surface area contributed by atoms with Crippen LogP contribution in [0.4, 0.5) is 0 Å². The molecule has 0 N–H and O–H groups in total. The van der Waals surface area contributed by atoms with Gasteiger partial charge in [-0.3, -0.25) is 0 Å². The lowest BCUT2D eigenvalue weighted by Gasteiger charge is -2.30. The van der Waals surface area contributed by atoms with Crippen molar-refractivity contribution in [2.45, 2.75) is 43.9 Å². The van der Waals surface area contributed by atoms with Crippen molar-refractivity contribution in [3.63, 3.8) is 0 Å². The molecule has 2 heterocycles. The Balaban J connectivity index is 2.52. The highest BCUT2D eigenvalue weighted by Gasteiger charge is 2.27. The van der Waals surface area contributed by atoms with Gasteiger partial charge < -0.3 is 4.57 Å². The van der Waals surface area contributed by atoms with Gasteiger partial charge in [0.1, 0.15) is 11.3 Å². The standard InChI is InChI=1S/C14H19Cl2N3S/c1-4-14(5-2,20-3)9-19-12(7-15)18-11-6-10(16)8-17-13(11)19/h6,8H,4-5,7,9H2,1-3H3. The van der Waals surface area contributed by atoms with E-state index in [-0.39, 0.29) is 4.75 Å². The van der Waals surface area contributed by atoms with Crippen molar-refractivity contribution in [3.05, 3.63) is 23.1 Å². The minimum Gasteiger partial charge on any atom is -0.310 e. The SMILES string of the molecule is CCC(CC)(Cn1c(CCl)nc2cc(Cl)cnc21)SC. The third kappa shape index (κ3) is 2.92. The van der Waals surface area contributed by atoms with E-state index in [4.69, 9.17) is 23.2 Å². The molecule has 2 rings (SSSR count). The van der Waals surface area contributed by atoms with E-state index in [1.165, 1.54) is 0 Å². The van der Waals surface area contributed by atoms with E-state index < -0.39 is 0 Å². The number of fused-ring (bicyclic) bond motifs is 1. The van der Waals surface area contributed by atoms with Gasteiger partial charge in [0.05, 0.1) is 10.9 Å². The van der Waals surface area contributed by atoms with Gasteiger partial charge in [0, 0.05) is 17.5 Å². The van der Waals surface area contributed by atoms with Crippen LogP contribution in [0.25, 0.3) is 11.2 Å². The van der Waals surface area contributed by atoms with E-state index in [1.807, 2.05) is 17.8 Å². The van der Waals surface area contributed by atoms with Gasteiger partial charge in [-0.05, 0) is 25.2 Å². The summed E-state index contributed by atoms with van der Waals surface area (Å²) < 4.78 is 2.33. The molecule has 2 aromatic rings. The number of rotatable bonds is 6. The summed E-state index contributed by atoms with van der Waals surface area (Å²) in [4.78, 5) is 8.99. The van der Waals surface area contributed by atoms with E-state index in [2.05, 4.69) is 34.6 Å². The second-order valence-corrected chi connectivity index (χ2v) is 6.82. The van der Waals surface area contributed by atoms with Gasteiger partial charge >= 0.3 is 0 Å². The van der Waals surface area contributed by atoms with Crippen molar-refractivity contribution in [1.29, 1.82) is 0 Å². The van der Waals surface area contributed by atoms with Crippen LogP contribution in [0, 0.1) is 0 Å². The molecule has 0 aliphatic rings. The Labute approximate surface area is 134 Å². The molecule has 0 bridgehead atoms. The highest BCUT2D eigenvalue weighted by atomic mass is 35.5. The fourth-order valence-electron chi connectivity index (χ4n) is 2.42. The van der Waals surface area contributed by atoms with Crippen LogP contribution < -0.4 is 0 Å². The second-order valence-electron chi connectivity index (χ2n) is 4.84. The molecule has 0 saturated carbocycles. The first-order chi connectivity index (χ1) is 9.59. The molecule has 0 fully saturated rings. The van der Waals surface area contributed by atoms with Crippen LogP contribution in [-0.2, 0) is 12.4 Å². The summed E-state index contributed by atoms with van der Waals surface area (Å²) in [5.41, 5.74) is 1.68. The Morgan fingerprint density at radius 3 is 2.60 bits per heavy atom. The largest absolute Gasteiger partial charge is 0.310 e. The summed E-state index contributed by atoms with van der Waals surface area (Å²) in [5.74, 6) is 1.24. The third-order valence-electron chi connectivity index (χ3n) is 3.92. The summed E-state index contributed by atoms with van der Waals surface area (Å²) in [5, 5.41) is 0.602. The quantitative estimate of drug-likeness (QED) is 0.716. The molecule has 2 aromatic heterocycles. The number of hydrogen-bond acceptors (Lipinski definition) is 3. The van der Waals surface area contributed by atoms with Crippen molar-refractivity contribution < 1.29 is 0 Å². The van der Waals surface area contributed by atoms with Crippen molar-refractivity contribution in [3.8, 4) is 0 Å². The zero-order chi connectivity index (χ0) is 14.8. The predicted molar refractivity (Wildman–Crippen MR) is 88.9 cm³/mol. The zero-order valence-corrected chi connectivity index (χ0v) is 14.3. The number of hydrogen-bond donors (Lipinski definition) is 0. The molecule has 0 saturated heterocycles. The Morgan fingerprint density at radius 1 is 1.35 bits per heavy atom. The van der Waals surface area contributed by atoms with E-state index in [0.717, 1.165) is 36.4 Å². The maximum atomic E-state index is 6.05. The summed E-state index contributed by atoms with van der Waals surface area (Å²) in [6.45, 7) is 5.32. The summed E-state index contributed by atoms with van der Waals surface area (Å²) in [6.07, 6.45) is 6.02. The average molecular weight is 332 g/mol. The minimum atomic E-state index is 0.190. The van der Waals surface area contributed by atoms with Gasteiger partial charge in [-0.2, -0.15) is 11.8 Å². The number of halogens is 2. The normalized spacial score (nSPS) is 12.2. The summed E-state index contributed by atoms with van der Waals surface area (Å²) >= 11 is 13.9. The first-order valence-electron chi connectivity index (χ1n) is 6.71. The molecule has 0 aliphatic heterocycles. The maximum absolute atomic E-state index is 6.05. The number of imidazole rings is 1. The molecule has 6 heteroatoms. The molecule has 0 atom stereocenters. The molecule has 0 amide bonds. The van der Waals surface area contributed by atoms with Gasteiger partial charge in [0.25, 0.3) is 0 Å². The molecule has 0 aliphatic carbocycles. The van der Waals surface area contributed by atoms with Crippen LogP contribution in [0.5, 0.6) is 0 Å². The summed E-state index contributed by atoms with van der Waals surface area (Å²) in [7, 11) is 0. The second kappa shape index (κ2) is 6.54. The number of aromatic nitrogens is 3. The van der Waals surface area contributed by atoms with E-state index >= 15 is 0 Å². The van der Waals surface area contributed by atoms with Crippen LogP contribution in [-0.4, -0.2) is 25.5 Å². The zero-order valence-electron chi connectivity index (χ0n) is 12.0. The van der Waals surface area contributed by atoms with Crippen LogP contribution in [0.1, 0.15) is 32.5 Å². The third-order valence-corrected chi connectivity index (χ3v) is 5.94.